The van der Waals surface area contributed by atoms with Crippen LogP contribution in [0.4, 0.5) is 4.39 Å². The van der Waals surface area contributed by atoms with Crippen LogP contribution in [0.5, 0.6) is 5.75 Å². The number of nitrogens with zero attached hydrogens (tertiary/aromatic N) is 1. The summed E-state index contributed by atoms with van der Waals surface area (Å²) < 4.78 is 18.9. The number of halogens is 1. The second kappa shape index (κ2) is 7.42. The van der Waals surface area contributed by atoms with Crippen LogP contribution in [0.2, 0.25) is 0 Å². The van der Waals surface area contributed by atoms with Crippen molar-refractivity contribution in [2.75, 3.05) is 20.2 Å². The van der Waals surface area contributed by atoms with Gasteiger partial charge in [0.25, 0.3) is 0 Å². The lowest BCUT2D eigenvalue weighted by Gasteiger charge is -2.20. The van der Waals surface area contributed by atoms with E-state index in [2.05, 4.69) is 36.2 Å². The fourth-order valence-corrected chi connectivity index (χ4v) is 2.84. The Balaban J connectivity index is 1.56. The molecule has 2 aromatic carbocycles. The summed E-state index contributed by atoms with van der Waals surface area (Å²) in [5.41, 5.74) is 3.46. The van der Waals surface area contributed by atoms with Gasteiger partial charge >= 0.3 is 0 Å². The van der Waals surface area contributed by atoms with Crippen LogP contribution in [-0.2, 0) is 13.0 Å². The molecule has 0 saturated heterocycles. The molecule has 0 atom stereocenters. The lowest BCUT2D eigenvalue weighted by atomic mass is 10.0. The van der Waals surface area contributed by atoms with E-state index in [-0.39, 0.29) is 5.82 Å². The summed E-state index contributed by atoms with van der Waals surface area (Å²) in [6.45, 7) is 2.50. The Morgan fingerprint density at radius 3 is 3.00 bits per heavy atom. The number of hydrogen-bond donors (Lipinski definition) is 0. The maximum Gasteiger partial charge on any atom is 0.123 e. The summed E-state index contributed by atoms with van der Waals surface area (Å²) in [5, 5.41) is 0. The zero-order valence-corrected chi connectivity index (χ0v) is 13.5. The van der Waals surface area contributed by atoms with Crippen molar-refractivity contribution < 1.29 is 9.13 Å². The number of hydrogen-bond acceptors (Lipinski definition) is 2. The summed E-state index contributed by atoms with van der Waals surface area (Å²) in [6.07, 6.45) is 6.23. The average molecular weight is 311 g/mol. The molecule has 0 spiro atoms. The maximum atomic E-state index is 13.1. The minimum Gasteiger partial charge on any atom is -0.493 e. The minimum absolute atomic E-state index is 0.199. The van der Waals surface area contributed by atoms with E-state index in [1.807, 2.05) is 12.1 Å². The fourth-order valence-electron chi connectivity index (χ4n) is 2.84. The van der Waals surface area contributed by atoms with Crippen LogP contribution in [-0.4, -0.2) is 25.1 Å². The number of likely N-dealkylation sites (N-methyl/N-ethyl adjacent to an activating group) is 1. The van der Waals surface area contributed by atoms with Crippen molar-refractivity contribution in [1.82, 2.24) is 4.90 Å². The fraction of sp³-hybridized carbons (Fsp3) is 0.300. The van der Waals surface area contributed by atoms with Crippen LogP contribution in [0.25, 0.3) is 6.08 Å². The minimum atomic E-state index is -0.199. The number of benzene rings is 2. The first-order chi connectivity index (χ1) is 11.2. The van der Waals surface area contributed by atoms with E-state index in [4.69, 9.17) is 4.74 Å². The molecule has 0 bridgehead atoms. The van der Waals surface area contributed by atoms with E-state index >= 15 is 0 Å². The van der Waals surface area contributed by atoms with Crippen molar-refractivity contribution in [2.45, 2.75) is 19.4 Å². The first-order valence-corrected chi connectivity index (χ1v) is 8.06. The molecule has 0 aromatic heterocycles. The summed E-state index contributed by atoms with van der Waals surface area (Å²) in [6, 6.07) is 13.1. The molecule has 1 aliphatic heterocycles. The predicted octanol–water partition coefficient (Wildman–Crippen LogP) is 4.30. The SMILES string of the molecule is CN(CC=Cc1cccc(F)c1)Cc1ccc2c(c1)OCCC2. The highest BCUT2D eigenvalue weighted by Crippen LogP contribution is 2.26. The average Bonchev–Trinajstić information content (AvgIpc) is 2.55. The van der Waals surface area contributed by atoms with E-state index in [1.54, 1.807) is 6.07 Å². The molecule has 2 nitrogen and oxygen atoms in total. The molecule has 3 rings (SSSR count). The van der Waals surface area contributed by atoms with E-state index in [9.17, 15) is 4.39 Å². The molecule has 1 aliphatic rings. The molecule has 1 heterocycles. The van der Waals surface area contributed by atoms with Crippen LogP contribution in [0, 0.1) is 5.82 Å². The molecule has 0 saturated carbocycles. The molecule has 0 N–H and O–H groups in total. The smallest absolute Gasteiger partial charge is 0.123 e. The van der Waals surface area contributed by atoms with Gasteiger partial charge in [0.2, 0.25) is 0 Å². The quantitative estimate of drug-likeness (QED) is 0.816. The normalized spacial score (nSPS) is 14.0. The van der Waals surface area contributed by atoms with Gasteiger partial charge in [0, 0.05) is 13.1 Å². The van der Waals surface area contributed by atoms with Gasteiger partial charge in [-0.25, -0.2) is 4.39 Å². The molecule has 0 aliphatic carbocycles. The maximum absolute atomic E-state index is 13.1. The standard InChI is InChI=1S/C20H22FNO/c1-22(11-3-6-16-5-2-8-19(21)13-16)15-17-9-10-18-7-4-12-23-20(18)14-17/h2-3,5-6,8-10,13-14H,4,7,11-12,15H2,1H3. The van der Waals surface area contributed by atoms with Gasteiger partial charge in [-0.05, 0) is 54.8 Å². The molecule has 0 amide bonds. The van der Waals surface area contributed by atoms with Crippen LogP contribution < -0.4 is 4.74 Å². The monoisotopic (exact) mass is 311 g/mol. The summed E-state index contributed by atoms with van der Waals surface area (Å²) >= 11 is 0. The summed E-state index contributed by atoms with van der Waals surface area (Å²) in [7, 11) is 2.08. The first kappa shape index (κ1) is 15.8. The number of aryl methyl sites for hydroxylation is 1. The van der Waals surface area contributed by atoms with Gasteiger partial charge in [-0.15, -0.1) is 0 Å². The Morgan fingerprint density at radius 1 is 1.22 bits per heavy atom. The Hall–Kier alpha value is -2.13. The molecule has 2 aromatic rings. The van der Waals surface area contributed by atoms with Crippen molar-refractivity contribution in [2.24, 2.45) is 0 Å². The van der Waals surface area contributed by atoms with Gasteiger partial charge in [-0.2, -0.15) is 0 Å². The third kappa shape index (κ3) is 4.42. The third-order valence-corrected chi connectivity index (χ3v) is 4.01. The predicted molar refractivity (Wildman–Crippen MR) is 92.0 cm³/mol. The van der Waals surface area contributed by atoms with E-state index < -0.39 is 0 Å². The van der Waals surface area contributed by atoms with Gasteiger partial charge in [0.05, 0.1) is 6.61 Å². The van der Waals surface area contributed by atoms with Crippen LogP contribution >= 0.6 is 0 Å². The van der Waals surface area contributed by atoms with Crippen molar-refractivity contribution in [1.29, 1.82) is 0 Å². The van der Waals surface area contributed by atoms with Gasteiger partial charge in [0.15, 0.2) is 0 Å². The topological polar surface area (TPSA) is 12.5 Å². The Kier molecular flexibility index (Phi) is 5.09. The number of fused-ring (bicyclic) bond motifs is 1. The van der Waals surface area contributed by atoms with Gasteiger partial charge < -0.3 is 4.74 Å². The van der Waals surface area contributed by atoms with Crippen LogP contribution in [0.3, 0.4) is 0 Å². The van der Waals surface area contributed by atoms with Crippen molar-refractivity contribution >= 4 is 6.08 Å². The summed E-state index contributed by atoms with van der Waals surface area (Å²) in [4.78, 5) is 2.22. The second-order valence-electron chi connectivity index (χ2n) is 6.05. The lowest BCUT2D eigenvalue weighted by Crippen LogP contribution is -2.18. The molecule has 120 valence electrons. The largest absolute Gasteiger partial charge is 0.493 e. The highest BCUT2D eigenvalue weighted by Gasteiger charge is 2.10. The molecule has 0 fully saturated rings. The molecule has 3 heteroatoms. The van der Waals surface area contributed by atoms with Gasteiger partial charge in [-0.1, -0.05) is 36.4 Å². The zero-order chi connectivity index (χ0) is 16.1. The number of rotatable bonds is 5. The van der Waals surface area contributed by atoms with Crippen LogP contribution in [0.15, 0.2) is 48.5 Å². The van der Waals surface area contributed by atoms with Gasteiger partial charge in [0.1, 0.15) is 11.6 Å². The Labute approximate surface area is 137 Å². The van der Waals surface area contributed by atoms with Crippen molar-refractivity contribution in [3.8, 4) is 5.75 Å². The lowest BCUT2D eigenvalue weighted by molar-refractivity contribution is 0.287. The Morgan fingerprint density at radius 2 is 2.13 bits per heavy atom. The third-order valence-electron chi connectivity index (χ3n) is 4.01. The van der Waals surface area contributed by atoms with Crippen LogP contribution in [0.1, 0.15) is 23.1 Å². The van der Waals surface area contributed by atoms with E-state index in [1.165, 1.54) is 23.3 Å². The highest BCUT2D eigenvalue weighted by atomic mass is 19.1. The number of ether oxygens (including phenoxy) is 1. The van der Waals surface area contributed by atoms with Gasteiger partial charge in [-0.3, -0.25) is 4.90 Å². The second-order valence-corrected chi connectivity index (χ2v) is 6.05. The highest BCUT2D eigenvalue weighted by molar-refractivity contribution is 5.49. The molecular weight excluding hydrogens is 289 g/mol. The van der Waals surface area contributed by atoms with E-state index in [0.29, 0.717) is 0 Å². The van der Waals surface area contributed by atoms with Crippen molar-refractivity contribution in [3.05, 3.63) is 71.0 Å². The molecular formula is C20H22FNO. The molecule has 23 heavy (non-hydrogen) atoms. The zero-order valence-electron chi connectivity index (χ0n) is 13.5. The van der Waals surface area contributed by atoms with Crippen molar-refractivity contribution in [3.63, 3.8) is 0 Å². The van der Waals surface area contributed by atoms with E-state index in [0.717, 1.165) is 43.9 Å². The molecule has 0 radical (unpaired) electrons. The first-order valence-electron chi connectivity index (χ1n) is 8.06. The summed E-state index contributed by atoms with van der Waals surface area (Å²) in [5.74, 6) is 0.840. The Bertz CT molecular complexity index is 696. The molecule has 0 unspecified atom stereocenters.